The Bertz CT molecular complexity index is 353. The Labute approximate surface area is 78.1 Å². The van der Waals surface area contributed by atoms with Gasteiger partial charge in [-0.1, -0.05) is 18.2 Å². The van der Waals surface area contributed by atoms with Crippen LogP contribution in [0.2, 0.25) is 0 Å². The molecule has 1 rings (SSSR count). The van der Waals surface area contributed by atoms with Crippen molar-refractivity contribution in [2.75, 3.05) is 0 Å². The number of aryl methyl sites for hydroxylation is 1. The maximum atomic E-state index is 10.9. The molecule has 0 radical (unpaired) electrons. The average Bonchev–Trinajstić information content (AvgIpc) is 2.08. The molecule has 1 amide bonds. The predicted octanol–water partition coefficient (Wildman–Crippen LogP) is 2.13. The van der Waals surface area contributed by atoms with Crippen LogP contribution in [0.15, 0.2) is 24.3 Å². The highest BCUT2D eigenvalue weighted by molar-refractivity contribution is 5.93. The van der Waals surface area contributed by atoms with Crippen LogP contribution in [0.5, 0.6) is 0 Å². The van der Waals surface area contributed by atoms with Crippen LogP contribution in [0.1, 0.15) is 28.4 Å². The number of carbonyl (C=O) groups excluding carboxylic acids is 1. The van der Waals surface area contributed by atoms with Crippen LogP contribution in [0.3, 0.4) is 0 Å². The summed E-state index contributed by atoms with van der Waals surface area (Å²) in [5.41, 5.74) is 7.90. The highest BCUT2D eigenvalue weighted by atomic mass is 16.1. The van der Waals surface area contributed by atoms with E-state index in [0.717, 1.165) is 11.1 Å². The van der Waals surface area contributed by atoms with E-state index in [1.54, 1.807) is 12.1 Å². The molecular formula is C11H13NO. The molecule has 0 fully saturated rings. The number of carbonyl (C=O) groups is 1. The van der Waals surface area contributed by atoms with Crippen molar-refractivity contribution in [2.45, 2.75) is 13.8 Å². The summed E-state index contributed by atoms with van der Waals surface area (Å²) in [5, 5.41) is 0. The van der Waals surface area contributed by atoms with E-state index in [0.29, 0.717) is 5.56 Å². The molecule has 2 nitrogen and oxygen atoms in total. The standard InChI is InChI=1S/C11H13NO/c1-3-4-9-7-10(11(12)13)6-5-8(9)2/h3-7H,1-2H3,(H2,12,13)/b4-3+. The van der Waals surface area contributed by atoms with E-state index in [-0.39, 0.29) is 5.91 Å². The highest BCUT2D eigenvalue weighted by Gasteiger charge is 2.01. The van der Waals surface area contributed by atoms with E-state index in [4.69, 9.17) is 5.73 Å². The monoisotopic (exact) mass is 175 g/mol. The first-order valence-electron chi connectivity index (χ1n) is 4.18. The van der Waals surface area contributed by atoms with Crippen LogP contribution in [0.4, 0.5) is 0 Å². The van der Waals surface area contributed by atoms with Gasteiger partial charge in [-0.2, -0.15) is 0 Å². The smallest absolute Gasteiger partial charge is 0.248 e. The van der Waals surface area contributed by atoms with Gasteiger partial charge in [-0.05, 0) is 37.1 Å². The van der Waals surface area contributed by atoms with Crippen molar-refractivity contribution in [1.82, 2.24) is 0 Å². The van der Waals surface area contributed by atoms with E-state index in [1.807, 2.05) is 32.1 Å². The van der Waals surface area contributed by atoms with E-state index >= 15 is 0 Å². The number of benzene rings is 1. The number of hydrogen-bond donors (Lipinski definition) is 1. The van der Waals surface area contributed by atoms with Gasteiger partial charge in [0.05, 0.1) is 0 Å². The fourth-order valence-corrected chi connectivity index (χ4v) is 1.15. The highest BCUT2D eigenvalue weighted by Crippen LogP contribution is 2.12. The van der Waals surface area contributed by atoms with Crippen LogP contribution in [0.25, 0.3) is 6.08 Å². The Balaban J connectivity index is 3.18. The van der Waals surface area contributed by atoms with Gasteiger partial charge < -0.3 is 5.73 Å². The molecule has 0 saturated heterocycles. The summed E-state index contributed by atoms with van der Waals surface area (Å²) < 4.78 is 0. The number of allylic oxidation sites excluding steroid dienone is 1. The molecule has 0 unspecified atom stereocenters. The second kappa shape index (κ2) is 3.90. The van der Waals surface area contributed by atoms with Crippen LogP contribution in [0, 0.1) is 6.92 Å². The van der Waals surface area contributed by atoms with Crippen molar-refractivity contribution < 1.29 is 4.79 Å². The summed E-state index contributed by atoms with van der Waals surface area (Å²) in [6, 6.07) is 5.44. The minimum absolute atomic E-state index is 0.384. The Hall–Kier alpha value is -1.57. The van der Waals surface area contributed by atoms with Gasteiger partial charge in [-0.25, -0.2) is 0 Å². The van der Waals surface area contributed by atoms with Crippen LogP contribution < -0.4 is 5.73 Å². The second-order valence-corrected chi connectivity index (χ2v) is 2.94. The van der Waals surface area contributed by atoms with Gasteiger partial charge in [0.25, 0.3) is 0 Å². The summed E-state index contributed by atoms with van der Waals surface area (Å²) in [6.07, 6.45) is 3.90. The first-order chi connectivity index (χ1) is 6.15. The van der Waals surface area contributed by atoms with E-state index in [1.165, 1.54) is 0 Å². The van der Waals surface area contributed by atoms with Crippen molar-refractivity contribution in [3.8, 4) is 0 Å². The Morgan fingerprint density at radius 2 is 2.15 bits per heavy atom. The number of rotatable bonds is 2. The van der Waals surface area contributed by atoms with E-state index < -0.39 is 0 Å². The minimum Gasteiger partial charge on any atom is -0.366 e. The van der Waals surface area contributed by atoms with Gasteiger partial charge in [0, 0.05) is 5.56 Å². The lowest BCUT2D eigenvalue weighted by molar-refractivity contribution is 0.100. The molecule has 0 aliphatic carbocycles. The maximum absolute atomic E-state index is 10.9. The Morgan fingerprint density at radius 1 is 1.46 bits per heavy atom. The Kier molecular flexibility index (Phi) is 2.85. The zero-order valence-corrected chi connectivity index (χ0v) is 7.87. The van der Waals surface area contributed by atoms with Crippen molar-refractivity contribution in [2.24, 2.45) is 5.73 Å². The van der Waals surface area contributed by atoms with E-state index in [9.17, 15) is 4.79 Å². The molecule has 0 atom stereocenters. The molecule has 13 heavy (non-hydrogen) atoms. The van der Waals surface area contributed by atoms with Crippen molar-refractivity contribution in [3.05, 3.63) is 41.0 Å². The molecule has 2 N–H and O–H groups in total. The molecule has 0 saturated carbocycles. The van der Waals surface area contributed by atoms with Crippen LogP contribution in [-0.2, 0) is 0 Å². The largest absolute Gasteiger partial charge is 0.366 e. The zero-order valence-electron chi connectivity index (χ0n) is 7.87. The summed E-state index contributed by atoms with van der Waals surface area (Å²) >= 11 is 0. The van der Waals surface area contributed by atoms with Gasteiger partial charge in [0.15, 0.2) is 0 Å². The third kappa shape index (κ3) is 2.18. The van der Waals surface area contributed by atoms with Crippen molar-refractivity contribution in [3.63, 3.8) is 0 Å². The fraction of sp³-hybridized carbons (Fsp3) is 0.182. The van der Waals surface area contributed by atoms with Gasteiger partial charge >= 0.3 is 0 Å². The molecule has 0 aromatic heterocycles. The third-order valence-corrected chi connectivity index (χ3v) is 1.91. The van der Waals surface area contributed by atoms with Crippen molar-refractivity contribution in [1.29, 1.82) is 0 Å². The molecule has 68 valence electrons. The maximum Gasteiger partial charge on any atom is 0.248 e. The number of hydrogen-bond acceptors (Lipinski definition) is 1. The summed E-state index contributed by atoms with van der Waals surface area (Å²) in [4.78, 5) is 10.9. The molecule has 0 spiro atoms. The first-order valence-corrected chi connectivity index (χ1v) is 4.18. The third-order valence-electron chi connectivity index (χ3n) is 1.91. The normalized spacial score (nSPS) is 10.6. The van der Waals surface area contributed by atoms with Gasteiger partial charge in [0.2, 0.25) is 5.91 Å². The number of primary amides is 1. The predicted molar refractivity (Wildman–Crippen MR) is 54.4 cm³/mol. The van der Waals surface area contributed by atoms with E-state index in [2.05, 4.69) is 0 Å². The number of nitrogens with two attached hydrogens (primary N) is 1. The lowest BCUT2D eigenvalue weighted by Crippen LogP contribution is -2.10. The molecule has 0 aliphatic rings. The average molecular weight is 175 g/mol. The van der Waals surface area contributed by atoms with Crippen LogP contribution in [-0.4, -0.2) is 5.91 Å². The number of amides is 1. The summed E-state index contributed by atoms with van der Waals surface area (Å²) in [7, 11) is 0. The molecular weight excluding hydrogens is 162 g/mol. The summed E-state index contributed by atoms with van der Waals surface area (Å²) in [5.74, 6) is -0.384. The lowest BCUT2D eigenvalue weighted by atomic mass is 10.0. The zero-order chi connectivity index (χ0) is 9.84. The topological polar surface area (TPSA) is 43.1 Å². The molecule has 0 bridgehead atoms. The fourth-order valence-electron chi connectivity index (χ4n) is 1.15. The molecule has 0 heterocycles. The molecule has 2 heteroatoms. The molecule has 1 aromatic rings. The molecule has 0 aliphatic heterocycles. The van der Waals surface area contributed by atoms with Crippen molar-refractivity contribution >= 4 is 12.0 Å². The Morgan fingerprint density at radius 3 is 2.69 bits per heavy atom. The van der Waals surface area contributed by atoms with Crippen LogP contribution >= 0.6 is 0 Å². The van der Waals surface area contributed by atoms with Gasteiger partial charge in [-0.3, -0.25) is 4.79 Å². The SMILES string of the molecule is C/C=C/c1cc(C(N)=O)ccc1C. The quantitative estimate of drug-likeness (QED) is 0.735. The van der Waals surface area contributed by atoms with Gasteiger partial charge in [0.1, 0.15) is 0 Å². The van der Waals surface area contributed by atoms with Gasteiger partial charge in [-0.15, -0.1) is 0 Å². The first kappa shape index (κ1) is 9.52. The molecule has 1 aromatic carbocycles. The lowest BCUT2D eigenvalue weighted by Gasteiger charge is -2.01. The summed E-state index contributed by atoms with van der Waals surface area (Å²) in [6.45, 7) is 3.94. The minimum atomic E-state index is -0.384. The second-order valence-electron chi connectivity index (χ2n) is 2.94.